The number of carbonyl (C=O) groups excluding carboxylic acids is 1. The summed E-state index contributed by atoms with van der Waals surface area (Å²) in [5.41, 5.74) is 2.22. The van der Waals surface area contributed by atoms with Gasteiger partial charge < -0.3 is 19.5 Å². The molecule has 3 heterocycles. The minimum Gasteiger partial charge on any atom is -0.373 e. The molecule has 4 atom stereocenters. The van der Waals surface area contributed by atoms with Gasteiger partial charge >= 0.3 is 6.03 Å². The van der Waals surface area contributed by atoms with Gasteiger partial charge in [0.15, 0.2) is 0 Å². The standard InChI is InChI=1S/C28H27Cl2F2N3O3/c1-14-7-19-11-20(12-24(14)35(19)28(36)33-18-9-16(31)8-17(32)10-18)37-13-21-26(34-38-27(21)15-5-6-15)25-22(29)3-2-4-23(25)30/h2-4,8-10,14-15,19-20,24H,5-7,11-13H2,1H3,(H,33,36)/t14-,19?,20+,24?/m1/s1. The molecule has 3 aliphatic rings. The maximum atomic E-state index is 13.6. The van der Waals surface area contributed by atoms with Gasteiger partial charge in [-0.15, -0.1) is 0 Å². The Bertz CT molecular complexity index is 1340. The lowest BCUT2D eigenvalue weighted by atomic mass is 9.97. The molecule has 6 nitrogen and oxygen atoms in total. The maximum absolute atomic E-state index is 13.6. The number of rotatable bonds is 6. The molecule has 2 unspecified atom stereocenters. The minimum atomic E-state index is -0.736. The molecule has 2 bridgehead atoms. The molecule has 1 N–H and O–H groups in total. The van der Waals surface area contributed by atoms with Crippen LogP contribution in [0.15, 0.2) is 40.9 Å². The van der Waals surface area contributed by atoms with Crippen LogP contribution in [-0.2, 0) is 11.3 Å². The second-order valence-electron chi connectivity index (χ2n) is 10.6. The first-order valence-corrected chi connectivity index (χ1v) is 13.6. The molecule has 2 aromatic carbocycles. The highest BCUT2D eigenvalue weighted by Crippen LogP contribution is 2.47. The first-order valence-electron chi connectivity index (χ1n) is 12.9. The van der Waals surface area contributed by atoms with Crippen molar-refractivity contribution in [3.8, 4) is 11.3 Å². The van der Waals surface area contributed by atoms with Crippen molar-refractivity contribution < 1.29 is 22.8 Å². The monoisotopic (exact) mass is 561 g/mol. The zero-order valence-electron chi connectivity index (χ0n) is 20.7. The van der Waals surface area contributed by atoms with Crippen molar-refractivity contribution in [1.82, 2.24) is 10.1 Å². The van der Waals surface area contributed by atoms with Crippen LogP contribution in [0, 0.1) is 17.6 Å². The van der Waals surface area contributed by atoms with E-state index >= 15 is 0 Å². The Labute approximate surface area is 229 Å². The maximum Gasteiger partial charge on any atom is 0.322 e. The van der Waals surface area contributed by atoms with Crippen molar-refractivity contribution in [2.24, 2.45) is 5.92 Å². The van der Waals surface area contributed by atoms with Gasteiger partial charge in [-0.05, 0) is 62.3 Å². The van der Waals surface area contributed by atoms with E-state index in [1.165, 1.54) is 0 Å². The van der Waals surface area contributed by atoms with Crippen molar-refractivity contribution in [3.05, 3.63) is 69.4 Å². The third kappa shape index (κ3) is 4.90. The number of carbonyl (C=O) groups is 1. The predicted molar refractivity (Wildman–Crippen MR) is 140 cm³/mol. The number of amides is 2. The number of hydrogen-bond donors (Lipinski definition) is 1. The highest BCUT2D eigenvalue weighted by molar-refractivity contribution is 6.39. The average Bonchev–Trinajstić information content (AvgIpc) is 3.57. The number of nitrogens with zero attached hydrogens (tertiary/aromatic N) is 2. The Morgan fingerprint density at radius 1 is 1.13 bits per heavy atom. The van der Waals surface area contributed by atoms with E-state index in [1.54, 1.807) is 18.2 Å². The summed E-state index contributed by atoms with van der Waals surface area (Å²) < 4.78 is 39.4. The molecule has 2 saturated heterocycles. The smallest absolute Gasteiger partial charge is 0.322 e. The van der Waals surface area contributed by atoms with Gasteiger partial charge in [0.2, 0.25) is 0 Å². The van der Waals surface area contributed by atoms with Crippen molar-refractivity contribution in [2.75, 3.05) is 5.32 Å². The molecule has 6 rings (SSSR count). The number of piperidine rings is 1. The van der Waals surface area contributed by atoms with E-state index in [4.69, 9.17) is 32.5 Å². The van der Waals surface area contributed by atoms with Gasteiger partial charge in [-0.2, -0.15) is 0 Å². The fraction of sp³-hybridized carbons (Fsp3) is 0.429. The Morgan fingerprint density at radius 2 is 1.84 bits per heavy atom. The van der Waals surface area contributed by atoms with Crippen LogP contribution in [0.1, 0.15) is 56.3 Å². The van der Waals surface area contributed by atoms with Gasteiger partial charge in [0.1, 0.15) is 23.1 Å². The number of hydrogen-bond acceptors (Lipinski definition) is 4. The molecule has 0 spiro atoms. The van der Waals surface area contributed by atoms with Gasteiger partial charge in [0, 0.05) is 40.9 Å². The molecular formula is C28H27Cl2F2N3O3. The van der Waals surface area contributed by atoms with Crippen LogP contribution in [0.25, 0.3) is 11.3 Å². The zero-order chi connectivity index (χ0) is 26.6. The molecule has 1 saturated carbocycles. The molecule has 0 radical (unpaired) electrons. The summed E-state index contributed by atoms with van der Waals surface area (Å²) in [6, 6.07) is 7.92. The minimum absolute atomic E-state index is 0.0324. The van der Waals surface area contributed by atoms with E-state index in [0.717, 1.165) is 48.8 Å². The molecular weight excluding hydrogens is 535 g/mol. The lowest BCUT2D eigenvalue weighted by Crippen LogP contribution is -2.51. The van der Waals surface area contributed by atoms with E-state index < -0.39 is 11.6 Å². The average molecular weight is 562 g/mol. The lowest BCUT2D eigenvalue weighted by Gasteiger charge is -2.39. The molecule has 38 heavy (non-hydrogen) atoms. The molecule has 1 aliphatic carbocycles. The fourth-order valence-corrected chi connectivity index (χ4v) is 6.56. The van der Waals surface area contributed by atoms with Gasteiger partial charge in [-0.3, -0.25) is 0 Å². The van der Waals surface area contributed by atoms with E-state index in [9.17, 15) is 13.6 Å². The van der Waals surface area contributed by atoms with Crippen LogP contribution in [0.2, 0.25) is 10.0 Å². The van der Waals surface area contributed by atoms with Crippen molar-refractivity contribution in [2.45, 2.75) is 69.7 Å². The van der Waals surface area contributed by atoms with Gasteiger partial charge in [0.05, 0.1) is 22.8 Å². The fourth-order valence-electron chi connectivity index (χ4n) is 5.99. The molecule has 200 valence electrons. The summed E-state index contributed by atoms with van der Waals surface area (Å²) in [6.07, 6.45) is 4.19. The molecule has 3 aromatic rings. The second kappa shape index (κ2) is 10.1. The second-order valence-corrected chi connectivity index (χ2v) is 11.4. The number of anilines is 1. The number of nitrogens with one attached hydrogen (secondary N) is 1. The van der Waals surface area contributed by atoms with Crippen LogP contribution >= 0.6 is 23.2 Å². The number of urea groups is 1. The first kappa shape index (κ1) is 25.6. The van der Waals surface area contributed by atoms with E-state index in [2.05, 4.69) is 17.4 Å². The Kier molecular flexibility index (Phi) is 6.82. The summed E-state index contributed by atoms with van der Waals surface area (Å²) in [5, 5.41) is 8.00. The Balaban J connectivity index is 1.17. The topological polar surface area (TPSA) is 67.6 Å². The highest BCUT2D eigenvalue weighted by Gasteiger charge is 2.47. The number of halogens is 4. The van der Waals surface area contributed by atoms with E-state index in [-0.39, 0.29) is 35.8 Å². The number of ether oxygens (including phenoxy) is 1. The van der Waals surface area contributed by atoms with Crippen molar-refractivity contribution in [3.63, 3.8) is 0 Å². The molecule has 2 amide bonds. The quantitative estimate of drug-likeness (QED) is 0.333. The van der Waals surface area contributed by atoms with Crippen LogP contribution in [0.5, 0.6) is 0 Å². The summed E-state index contributed by atoms with van der Waals surface area (Å²) in [7, 11) is 0. The number of fused-ring (bicyclic) bond motifs is 2. The van der Waals surface area contributed by atoms with Gasteiger partial charge in [-0.25, -0.2) is 13.6 Å². The number of benzene rings is 2. The Hall–Kier alpha value is -2.68. The largest absolute Gasteiger partial charge is 0.373 e. The SMILES string of the molecule is C[C@@H]1CC2C[C@H](OCc3c(-c4c(Cl)cccc4Cl)noc3C3CC3)CC1N2C(=O)Nc1cc(F)cc(F)c1. The van der Waals surface area contributed by atoms with Crippen molar-refractivity contribution in [1.29, 1.82) is 0 Å². The van der Waals surface area contributed by atoms with Crippen LogP contribution < -0.4 is 5.32 Å². The highest BCUT2D eigenvalue weighted by atomic mass is 35.5. The normalized spacial score (nSPS) is 24.6. The Morgan fingerprint density at radius 3 is 2.50 bits per heavy atom. The molecule has 2 aliphatic heterocycles. The predicted octanol–water partition coefficient (Wildman–Crippen LogP) is 7.79. The van der Waals surface area contributed by atoms with E-state index in [0.29, 0.717) is 46.7 Å². The van der Waals surface area contributed by atoms with Crippen LogP contribution in [0.3, 0.4) is 0 Å². The number of aromatic nitrogens is 1. The van der Waals surface area contributed by atoms with Gasteiger partial charge in [-0.1, -0.05) is 41.3 Å². The van der Waals surface area contributed by atoms with Crippen LogP contribution in [0.4, 0.5) is 19.3 Å². The molecule has 10 heteroatoms. The first-order chi connectivity index (χ1) is 18.3. The van der Waals surface area contributed by atoms with Gasteiger partial charge in [0.25, 0.3) is 0 Å². The molecule has 3 fully saturated rings. The summed E-state index contributed by atoms with van der Waals surface area (Å²) in [5.74, 6) is -0.0447. The zero-order valence-corrected chi connectivity index (χ0v) is 22.2. The summed E-state index contributed by atoms with van der Waals surface area (Å²) in [6.45, 7) is 2.43. The van der Waals surface area contributed by atoms with Crippen LogP contribution in [-0.4, -0.2) is 34.3 Å². The van der Waals surface area contributed by atoms with Crippen molar-refractivity contribution >= 4 is 34.9 Å². The lowest BCUT2D eigenvalue weighted by molar-refractivity contribution is -0.0181. The van der Waals surface area contributed by atoms with E-state index in [1.807, 2.05) is 4.90 Å². The third-order valence-corrected chi connectivity index (χ3v) is 8.50. The summed E-state index contributed by atoms with van der Waals surface area (Å²) >= 11 is 13.0. The molecule has 1 aromatic heterocycles. The summed E-state index contributed by atoms with van der Waals surface area (Å²) in [4.78, 5) is 14.9. The third-order valence-electron chi connectivity index (χ3n) is 7.87.